The standard InChI is InChI=1S/C29H30FN7O3/c1-29(2,38)17-40-23-8-24(27-20(9-31)12-34-37(27)16-23)19-6-25(30)28(33-11-19)35-14-21-7-22(15-35)36(21)13-18-4-5-26(39-3)32-10-18/h4-6,8,10-12,16,21-22,38H,7,13-15,17H2,1-3H3. The molecule has 0 saturated carbocycles. The number of ether oxygens (including phenoxy) is 2. The smallest absolute Gasteiger partial charge is 0.212 e. The van der Waals surface area contributed by atoms with Gasteiger partial charge in [0, 0.05) is 61.3 Å². The van der Waals surface area contributed by atoms with Crippen molar-refractivity contribution in [3.05, 3.63) is 66.0 Å². The molecule has 7 heterocycles. The summed E-state index contributed by atoms with van der Waals surface area (Å²) in [5.74, 6) is 0.923. The van der Waals surface area contributed by atoms with Gasteiger partial charge in [-0.05, 0) is 38.0 Å². The molecule has 0 spiro atoms. The third-order valence-electron chi connectivity index (χ3n) is 7.45. The fraction of sp³-hybridized carbons (Fsp3) is 0.379. The van der Waals surface area contributed by atoms with E-state index in [1.165, 1.54) is 16.8 Å². The van der Waals surface area contributed by atoms with E-state index in [2.05, 4.69) is 26.0 Å². The van der Waals surface area contributed by atoms with E-state index in [0.29, 0.717) is 64.8 Å². The second-order valence-electron chi connectivity index (χ2n) is 11.0. The Balaban J connectivity index is 1.23. The largest absolute Gasteiger partial charge is 0.489 e. The quantitative estimate of drug-likeness (QED) is 0.357. The van der Waals surface area contributed by atoms with Crippen molar-refractivity contribution in [1.29, 1.82) is 5.26 Å². The van der Waals surface area contributed by atoms with E-state index in [0.717, 1.165) is 18.5 Å². The number of hydrogen-bond acceptors (Lipinski definition) is 9. The highest BCUT2D eigenvalue weighted by Crippen LogP contribution is 2.37. The molecule has 0 aliphatic carbocycles. The van der Waals surface area contributed by atoms with Gasteiger partial charge in [-0.1, -0.05) is 6.07 Å². The maximum absolute atomic E-state index is 15.6. The van der Waals surface area contributed by atoms with Gasteiger partial charge < -0.3 is 19.5 Å². The average Bonchev–Trinajstić information content (AvgIpc) is 3.37. The molecule has 3 aliphatic rings. The molecule has 11 heteroatoms. The Morgan fingerprint density at radius 2 is 1.95 bits per heavy atom. The van der Waals surface area contributed by atoms with Crippen LogP contribution >= 0.6 is 0 Å². The van der Waals surface area contributed by atoms with Crippen LogP contribution in [-0.2, 0) is 6.54 Å². The Kier molecular flexibility index (Phi) is 6.52. The summed E-state index contributed by atoms with van der Waals surface area (Å²) in [4.78, 5) is 13.3. The molecule has 2 unspecified atom stereocenters. The molecule has 7 rings (SSSR count). The minimum atomic E-state index is -1.04. The molecule has 1 N–H and O–H groups in total. The van der Waals surface area contributed by atoms with Crippen LogP contribution in [0.4, 0.5) is 10.2 Å². The number of piperidine rings is 1. The van der Waals surface area contributed by atoms with E-state index in [1.54, 1.807) is 39.4 Å². The van der Waals surface area contributed by atoms with Gasteiger partial charge in [0.1, 0.15) is 18.4 Å². The van der Waals surface area contributed by atoms with Crippen LogP contribution in [0.25, 0.3) is 16.6 Å². The number of nitriles is 1. The van der Waals surface area contributed by atoms with Gasteiger partial charge in [0.05, 0.1) is 36.2 Å². The number of rotatable bonds is 8. The van der Waals surface area contributed by atoms with Crippen molar-refractivity contribution in [1.82, 2.24) is 24.5 Å². The maximum atomic E-state index is 15.6. The van der Waals surface area contributed by atoms with Crippen molar-refractivity contribution < 1.29 is 19.0 Å². The highest BCUT2D eigenvalue weighted by Gasteiger charge is 2.45. The molecule has 4 aromatic rings. The summed E-state index contributed by atoms with van der Waals surface area (Å²) in [6.45, 7) is 5.52. The van der Waals surface area contributed by atoms with Crippen LogP contribution in [0.2, 0.25) is 0 Å². The summed E-state index contributed by atoms with van der Waals surface area (Å²) >= 11 is 0. The summed E-state index contributed by atoms with van der Waals surface area (Å²) in [7, 11) is 1.60. The third kappa shape index (κ3) is 4.92. The fourth-order valence-corrected chi connectivity index (χ4v) is 5.50. The molecule has 3 saturated heterocycles. The van der Waals surface area contributed by atoms with Gasteiger partial charge in [-0.25, -0.2) is 18.9 Å². The Labute approximate surface area is 231 Å². The first-order valence-corrected chi connectivity index (χ1v) is 13.1. The van der Waals surface area contributed by atoms with E-state index >= 15 is 4.39 Å². The number of aromatic nitrogens is 4. The molecule has 0 amide bonds. The van der Waals surface area contributed by atoms with Gasteiger partial charge in [-0.15, -0.1) is 0 Å². The molecule has 0 aromatic carbocycles. The highest BCUT2D eigenvalue weighted by atomic mass is 19.1. The van der Waals surface area contributed by atoms with E-state index in [4.69, 9.17) is 9.47 Å². The molecule has 3 fully saturated rings. The number of aliphatic hydroxyl groups is 1. The van der Waals surface area contributed by atoms with Gasteiger partial charge in [0.15, 0.2) is 11.6 Å². The third-order valence-corrected chi connectivity index (χ3v) is 7.45. The van der Waals surface area contributed by atoms with E-state index in [1.807, 2.05) is 23.2 Å². The van der Waals surface area contributed by atoms with E-state index in [-0.39, 0.29) is 6.61 Å². The molecule has 40 heavy (non-hydrogen) atoms. The van der Waals surface area contributed by atoms with Gasteiger partial charge in [-0.3, -0.25) is 4.90 Å². The lowest BCUT2D eigenvalue weighted by atomic mass is 9.87. The lowest BCUT2D eigenvalue weighted by molar-refractivity contribution is -0.00898. The van der Waals surface area contributed by atoms with Gasteiger partial charge in [0.2, 0.25) is 5.88 Å². The lowest BCUT2D eigenvalue weighted by Gasteiger charge is -2.56. The second-order valence-corrected chi connectivity index (χ2v) is 11.0. The van der Waals surface area contributed by atoms with Crippen molar-refractivity contribution in [3.63, 3.8) is 0 Å². The number of methoxy groups -OCH3 is 1. The number of fused-ring (bicyclic) bond motifs is 3. The zero-order valence-electron chi connectivity index (χ0n) is 22.6. The summed E-state index contributed by atoms with van der Waals surface area (Å²) in [5.41, 5.74) is 2.05. The number of nitrogens with zero attached hydrogens (tertiary/aromatic N) is 7. The van der Waals surface area contributed by atoms with Crippen LogP contribution in [0, 0.1) is 17.1 Å². The predicted octanol–water partition coefficient (Wildman–Crippen LogP) is 3.42. The molecule has 206 valence electrons. The van der Waals surface area contributed by atoms with Crippen LogP contribution in [0.3, 0.4) is 0 Å². The summed E-state index contributed by atoms with van der Waals surface area (Å²) in [6, 6.07) is 9.85. The van der Waals surface area contributed by atoms with Crippen LogP contribution < -0.4 is 14.4 Å². The van der Waals surface area contributed by atoms with E-state index < -0.39 is 11.4 Å². The molecule has 2 bridgehead atoms. The number of hydrogen-bond donors (Lipinski definition) is 1. The molecule has 3 aliphatic heterocycles. The van der Waals surface area contributed by atoms with Crippen molar-refractivity contribution in [3.8, 4) is 28.8 Å². The average molecular weight is 544 g/mol. The van der Waals surface area contributed by atoms with Crippen molar-refractivity contribution in [2.75, 3.05) is 31.7 Å². The Morgan fingerprint density at radius 1 is 1.15 bits per heavy atom. The van der Waals surface area contributed by atoms with Crippen molar-refractivity contribution in [2.24, 2.45) is 0 Å². The zero-order valence-corrected chi connectivity index (χ0v) is 22.6. The topological polar surface area (TPSA) is 112 Å². The molecule has 10 nitrogen and oxygen atoms in total. The van der Waals surface area contributed by atoms with Crippen LogP contribution in [-0.4, -0.2) is 74.1 Å². The molecular formula is C29H30FN7O3. The molecule has 4 aromatic heterocycles. The molecule has 0 radical (unpaired) electrons. The number of anilines is 1. The van der Waals surface area contributed by atoms with E-state index in [9.17, 15) is 10.4 Å². The number of halogens is 1. The summed E-state index contributed by atoms with van der Waals surface area (Å²) in [5, 5.41) is 24.0. The zero-order chi connectivity index (χ0) is 28.0. The van der Waals surface area contributed by atoms with Crippen LogP contribution in [0.5, 0.6) is 11.6 Å². The minimum absolute atomic E-state index is 0.0547. The summed E-state index contributed by atoms with van der Waals surface area (Å²) < 4.78 is 28.1. The Bertz CT molecular complexity index is 1580. The van der Waals surface area contributed by atoms with Gasteiger partial charge >= 0.3 is 0 Å². The first-order valence-electron chi connectivity index (χ1n) is 13.1. The maximum Gasteiger partial charge on any atom is 0.212 e. The predicted molar refractivity (Wildman–Crippen MR) is 146 cm³/mol. The first-order chi connectivity index (χ1) is 19.2. The number of piperazine rings is 1. The molecule has 2 atom stereocenters. The van der Waals surface area contributed by atoms with Gasteiger partial charge in [0.25, 0.3) is 0 Å². The Hall–Kier alpha value is -4.27. The minimum Gasteiger partial charge on any atom is -0.489 e. The normalized spacial score (nSPS) is 18.9. The lowest BCUT2D eigenvalue weighted by Crippen LogP contribution is -2.68. The van der Waals surface area contributed by atoms with Crippen LogP contribution in [0.1, 0.15) is 31.4 Å². The highest BCUT2D eigenvalue weighted by molar-refractivity contribution is 5.85. The SMILES string of the molecule is COc1ccc(CN2C3CC2CN(c2ncc(-c4cc(OCC(C)(C)O)cn5ncc(C#N)c45)cc2F)C3)cn1. The first kappa shape index (κ1) is 26.0. The van der Waals surface area contributed by atoms with Gasteiger partial charge in [-0.2, -0.15) is 10.4 Å². The Morgan fingerprint density at radius 3 is 2.60 bits per heavy atom. The fourth-order valence-electron chi connectivity index (χ4n) is 5.50. The second kappa shape index (κ2) is 10.0. The monoisotopic (exact) mass is 543 g/mol. The number of pyridine rings is 3. The van der Waals surface area contributed by atoms with Crippen molar-refractivity contribution >= 4 is 11.3 Å². The van der Waals surface area contributed by atoms with Crippen molar-refractivity contribution in [2.45, 2.75) is 44.5 Å². The summed E-state index contributed by atoms with van der Waals surface area (Å²) in [6.07, 6.45) is 7.64. The molecular weight excluding hydrogens is 513 g/mol. The van der Waals surface area contributed by atoms with Crippen LogP contribution in [0.15, 0.2) is 49.1 Å².